The summed E-state index contributed by atoms with van der Waals surface area (Å²) in [6, 6.07) is 6.61. The zero-order valence-electron chi connectivity index (χ0n) is 12.4. The van der Waals surface area contributed by atoms with Gasteiger partial charge >= 0.3 is 11.9 Å². The molecule has 0 radical (unpaired) electrons. The molecule has 0 N–H and O–H groups in total. The van der Waals surface area contributed by atoms with Gasteiger partial charge in [0.05, 0.1) is 25.0 Å². The molecule has 0 aliphatic carbocycles. The predicted octanol–water partition coefficient (Wildman–Crippen LogP) is 2.25. The van der Waals surface area contributed by atoms with Crippen LogP contribution in [0.5, 0.6) is 0 Å². The summed E-state index contributed by atoms with van der Waals surface area (Å²) < 4.78 is 9.83. The molecule has 20 heavy (non-hydrogen) atoms. The van der Waals surface area contributed by atoms with Crippen LogP contribution in [0.25, 0.3) is 0 Å². The van der Waals surface area contributed by atoms with Crippen LogP contribution < -0.4 is 4.90 Å². The molecule has 1 aromatic carbocycles. The fourth-order valence-electron chi connectivity index (χ4n) is 2.07. The molecule has 0 spiro atoms. The summed E-state index contributed by atoms with van der Waals surface area (Å²) in [5.74, 6) is -0.719. The Morgan fingerprint density at radius 3 is 2.45 bits per heavy atom. The van der Waals surface area contributed by atoms with Crippen molar-refractivity contribution >= 4 is 17.6 Å². The van der Waals surface area contributed by atoms with Crippen molar-refractivity contribution < 1.29 is 19.1 Å². The highest BCUT2D eigenvalue weighted by Gasteiger charge is 2.25. The second-order valence-corrected chi connectivity index (χ2v) is 4.30. The highest BCUT2D eigenvalue weighted by Crippen LogP contribution is 2.23. The summed E-state index contributed by atoms with van der Waals surface area (Å²) in [5, 5.41) is 0. The lowest BCUT2D eigenvalue weighted by Gasteiger charge is -2.28. The van der Waals surface area contributed by atoms with Crippen molar-refractivity contribution in [2.24, 2.45) is 0 Å². The molecule has 1 rings (SSSR count). The van der Waals surface area contributed by atoms with Crippen molar-refractivity contribution in [1.29, 1.82) is 0 Å². The van der Waals surface area contributed by atoms with Crippen LogP contribution in [0.3, 0.4) is 0 Å². The fraction of sp³-hybridized carbons (Fsp3) is 0.467. The predicted molar refractivity (Wildman–Crippen MR) is 76.9 cm³/mol. The highest BCUT2D eigenvalue weighted by molar-refractivity contribution is 5.96. The molecule has 1 atom stereocenters. The van der Waals surface area contributed by atoms with E-state index in [4.69, 9.17) is 9.47 Å². The van der Waals surface area contributed by atoms with Gasteiger partial charge in [0.2, 0.25) is 0 Å². The van der Waals surface area contributed by atoms with Crippen LogP contribution in [0.2, 0.25) is 0 Å². The Morgan fingerprint density at radius 1 is 1.25 bits per heavy atom. The molecule has 0 saturated carbocycles. The number of likely N-dealkylation sites (N-methyl/N-ethyl adjacent to an activating group) is 1. The van der Waals surface area contributed by atoms with Crippen LogP contribution in [0, 0.1) is 0 Å². The third-order valence-corrected chi connectivity index (χ3v) is 3.10. The smallest absolute Gasteiger partial charge is 0.339 e. The maximum absolute atomic E-state index is 12.0. The molecule has 0 saturated heterocycles. The summed E-state index contributed by atoms with van der Waals surface area (Å²) in [7, 11) is 3.11. The van der Waals surface area contributed by atoms with Crippen LogP contribution in [0.1, 0.15) is 30.6 Å². The number of methoxy groups -OCH3 is 1. The van der Waals surface area contributed by atoms with Gasteiger partial charge in [-0.1, -0.05) is 19.1 Å². The van der Waals surface area contributed by atoms with Crippen LogP contribution in [-0.2, 0) is 14.3 Å². The quantitative estimate of drug-likeness (QED) is 0.748. The molecule has 0 fully saturated rings. The zero-order chi connectivity index (χ0) is 15.1. The number of benzene rings is 1. The van der Waals surface area contributed by atoms with Gasteiger partial charge in [0.25, 0.3) is 0 Å². The molecule has 5 nitrogen and oxygen atoms in total. The second kappa shape index (κ2) is 7.53. The van der Waals surface area contributed by atoms with Gasteiger partial charge in [-0.2, -0.15) is 0 Å². The summed E-state index contributed by atoms with van der Waals surface area (Å²) in [6.45, 7) is 4.01. The van der Waals surface area contributed by atoms with E-state index in [1.54, 1.807) is 37.1 Å². The Kier molecular flexibility index (Phi) is 6.03. The lowest BCUT2D eigenvalue weighted by molar-refractivity contribution is -0.144. The molecule has 0 aliphatic rings. The summed E-state index contributed by atoms with van der Waals surface area (Å²) >= 11 is 0. The van der Waals surface area contributed by atoms with E-state index < -0.39 is 12.0 Å². The molecular weight excluding hydrogens is 258 g/mol. The van der Waals surface area contributed by atoms with E-state index >= 15 is 0 Å². The van der Waals surface area contributed by atoms with Crippen molar-refractivity contribution in [2.75, 3.05) is 25.7 Å². The Bertz CT molecular complexity index is 473. The topological polar surface area (TPSA) is 55.8 Å². The van der Waals surface area contributed by atoms with Crippen LogP contribution in [-0.4, -0.2) is 38.7 Å². The molecule has 110 valence electrons. The zero-order valence-corrected chi connectivity index (χ0v) is 12.4. The molecule has 0 heterocycles. The van der Waals surface area contributed by atoms with E-state index in [0.717, 1.165) is 0 Å². The van der Waals surface area contributed by atoms with Gasteiger partial charge in [-0.3, -0.25) is 0 Å². The molecular formula is C15H21NO4. The number of ether oxygens (including phenoxy) is 2. The third-order valence-electron chi connectivity index (χ3n) is 3.10. The standard InChI is InChI=1S/C15H21NO4/c1-5-12(15(18)20-6-2)16(3)13-10-8-7-9-11(13)14(17)19-4/h7-10,12H,5-6H2,1-4H3. The number of hydrogen-bond donors (Lipinski definition) is 0. The van der Waals surface area contributed by atoms with Crippen molar-refractivity contribution in [3.63, 3.8) is 0 Å². The monoisotopic (exact) mass is 279 g/mol. The fourth-order valence-corrected chi connectivity index (χ4v) is 2.07. The number of esters is 2. The van der Waals surface area contributed by atoms with Gasteiger partial charge in [0.15, 0.2) is 0 Å². The first-order valence-corrected chi connectivity index (χ1v) is 6.63. The summed E-state index contributed by atoms with van der Waals surface area (Å²) in [5.41, 5.74) is 1.08. The average Bonchev–Trinajstić information content (AvgIpc) is 2.47. The number of rotatable bonds is 6. The van der Waals surface area contributed by atoms with Crippen molar-refractivity contribution in [1.82, 2.24) is 0 Å². The first-order valence-electron chi connectivity index (χ1n) is 6.63. The van der Waals surface area contributed by atoms with Gasteiger partial charge in [-0.05, 0) is 25.5 Å². The largest absolute Gasteiger partial charge is 0.465 e. The molecule has 0 aromatic heterocycles. The van der Waals surface area contributed by atoms with Crippen molar-refractivity contribution in [3.05, 3.63) is 29.8 Å². The maximum atomic E-state index is 12.0. The number of carbonyl (C=O) groups is 2. The number of carbonyl (C=O) groups excluding carboxylic acids is 2. The lowest BCUT2D eigenvalue weighted by atomic mass is 10.1. The molecule has 0 amide bonds. The van der Waals surface area contributed by atoms with Gasteiger partial charge in [-0.15, -0.1) is 0 Å². The minimum atomic E-state index is -0.430. The highest BCUT2D eigenvalue weighted by atomic mass is 16.5. The Hall–Kier alpha value is -2.04. The Morgan fingerprint density at radius 2 is 1.90 bits per heavy atom. The Labute approximate surface area is 119 Å². The first kappa shape index (κ1) is 16.0. The van der Waals surface area contributed by atoms with Gasteiger partial charge in [0.1, 0.15) is 6.04 Å². The molecule has 1 unspecified atom stereocenters. The lowest BCUT2D eigenvalue weighted by Crippen LogP contribution is -2.40. The third kappa shape index (κ3) is 3.50. The molecule has 0 aliphatic heterocycles. The van der Waals surface area contributed by atoms with Gasteiger partial charge in [-0.25, -0.2) is 9.59 Å². The normalized spacial score (nSPS) is 11.6. The average molecular weight is 279 g/mol. The second-order valence-electron chi connectivity index (χ2n) is 4.30. The van der Waals surface area contributed by atoms with Crippen molar-refractivity contribution in [3.8, 4) is 0 Å². The van der Waals surface area contributed by atoms with Crippen LogP contribution in [0.15, 0.2) is 24.3 Å². The molecule has 0 bridgehead atoms. The minimum absolute atomic E-state index is 0.294. The van der Waals surface area contributed by atoms with E-state index in [-0.39, 0.29) is 5.97 Å². The number of para-hydroxylation sites is 1. The SMILES string of the molecule is CCOC(=O)C(CC)N(C)c1ccccc1C(=O)OC. The van der Waals surface area contributed by atoms with E-state index in [2.05, 4.69) is 0 Å². The number of nitrogens with zero attached hydrogens (tertiary/aromatic N) is 1. The molecule has 1 aromatic rings. The maximum Gasteiger partial charge on any atom is 0.339 e. The van der Waals surface area contributed by atoms with E-state index in [1.165, 1.54) is 7.11 Å². The van der Waals surface area contributed by atoms with E-state index in [1.807, 2.05) is 13.0 Å². The van der Waals surface area contributed by atoms with Gasteiger partial charge in [0, 0.05) is 7.05 Å². The Balaban J connectivity index is 3.09. The van der Waals surface area contributed by atoms with Crippen molar-refractivity contribution in [2.45, 2.75) is 26.3 Å². The van der Waals surface area contributed by atoms with E-state index in [9.17, 15) is 9.59 Å². The summed E-state index contributed by atoms with van der Waals surface area (Å²) in [4.78, 5) is 25.5. The first-order chi connectivity index (χ1) is 9.56. The summed E-state index contributed by atoms with van der Waals surface area (Å²) in [6.07, 6.45) is 0.588. The number of anilines is 1. The van der Waals surface area contributed by atoms with Crippen LogP contribution in [0.4, 0.5) is 5.69 Å². The minimum Gasteiger partial charge on any atom is -0.465 e. The number of hydrogen-bond acceptors (Lipinski definition) is 5. The van der Waals surface area contributed by atoms with Gasteiger partial charge < -0.3 is 14.4 Å². The van der Waals surface area contributed by atoms with E-state index in [0.29, 0.717) is 24.3 Å². The van der Waals surface area contributed by atoms with Crippen LogP contribution >= 0.6 is 0 Å². The molecule has 5 heteroatoms.